The molecule has 0 saturated heterocycles. The van der Waals surface area contributed by atoms with Crippen LogP contribution in [0.3, 0.4) is 0 Å². The molecule has 1 aromatic carbocycles. The van der Waals surface area contributed by atoms with Crippen LogP contribution in [0.25, 0.3) is 27.5 Å². The van der Waals surface area contributed by atoms with Gasteiger partial charge in [0.15, 0.2) is 5.82 Å². The van der Waals surface area contributed by atoms with Crippen LogP contribution in [0.1, 0.15) is 17.2 Å². The maximum absolute atomic E-state index is 12.5. The summed E-state index contributed by atoms with van der Waals surface area (Å²) in [5.74, 6) is 1.58. The fraction of sp³-hybridized carbons (Fsp3) is 0.150. The lowest BCUT2D eigenvalue weighted by atomic mass is 10.2. The Hall–Kier alpha value is -3.59. The Labute approximate surface area is 169 Å². The van der Waals surface area contributed by atoms with E-state index in [1.807, 2.05) is 55.6 Å². The standard InChI is InChI=1S/C20H17N7OS/c1-11-8-12(2)27-20(21-11)25-17(26-27)10-18(28)22-13-5-6-14-15(9-13)24-19(23-14)16-4-3-7-29-16/h3-9H,10H2,1-2H3,(H,22,28)(H,23,24). The number of nitrogens with one attached hydrogen (secondary N) is 2. The van der Waals surface area contributed by atoms with Crippen LogP contribution in [-0.4, -0.2) is 35.5 Å². The van der Waals surface area contributed by atoms with E-state index in [0.717, 1.165) is 33.1 Å². The largest absolute Gasteiger partial charge is 0.337 e. The SMILES string of the molecule is Cc1cc(C)n2nc(CC(=O)Nc3ccc4nc(-c5cccs5)[nH]c4c3)nc2n1. The fourth-order valence-electron chi connectivity index (χ4n) is 3.25. The Morgan fingerprint density at radius 3 is 2.90 bits per heavy atom. The van der Waals surface area contributed by atoms with Gasteiger partial charge in [-0.25, -0.2) is 14.5 Å². The lowest BCUT2D eigenvalue weighted by Crippen LogP contribution is -2.15. The van der Waals surface area contributed by atoms with Gasteiger partial charge in [0.05, 0.1) is 22.3 Å². The molecule has 29 heavy (non-hydrogen) atoms. The molecule has 1 amide bonds. The van der Waals surface area contributed by atoms with Gasteiger partial charge < -0.3 is 10.3 Å². The number of rotatable bonds is 4. The van der Waals surface area contributed by atoms with Crippen molar-refractivity contribution in [3.63, 3.8) is 0 Å². The summed E-state index contributed by atoms with van der Waals surface area (Å²) < 4.78 is 1.65. The van der Waals surface area contributed by atoms with Crippen LogP contribution in [0.4, 0.5) is 5.69 Å². The lowest BCUT2D eigenvalue weighted by molar-refractivity contribution is -0.115. The third kappa shape index (κ3) is 3.36. The number of anilines is 1. The molecule has 9 heteroatoms. The first-order valence-electron chi connectivity index (χ1n) is 9.08. The first-order valence-corrected chi connectivity index (χ1v) is 9.96. The predicted octanol–water partition coefficient (Wildman–Crippen LogP) is 3.53. The molecular formula is C20H17N7OS. The molecule has 4 heterocycles. The molecular weight excluding hydrogens is 386 g/mol. The Morgan fingerprint density at radius 1 is 1.17 bits per heavy atom. The first-order chi connectivity index (χ1) is 14.0. The topological polar surface area (TPSA) is 101 Å². The van der Waals surface area contributed by atoms with Gasteiger partial charge in [0, 0.05) is 17.1 Å². The highest BCUT2D eigenvalue weighted by Crippen LogP contribution is 2.26. The van der Waals surface area contributed by atoms with E-state index in [0.29, 0.717) is 17.3 Å². The monoisotopic (exact) mass is 403 g/mol. The number of imidazole rings is 1. The summed E-state index contributed by atoms with van der Waals surface area (Å²) >= 11 is 1.63. The van der Waals surface area contributed by atoms with Crippen LogP contribution in [0.5, 0.6) is 0 Å². The van der Waals surface area contributed by atoms with Gasteiger partial charge in [-0.2, -0.15) is 4.98 Å². The van der Waals surface area contributed by atoms with Crippen molar-refractivity contribution in [1.82, 2.24) is 29.5 Å². The minimum Gasteiger partial charge on any atom is -0.337 e. The van der Waals surface area contributed by atoms with Crippen LogP contribution in [0.2, 0.25) is 0 Å². The van der Waals surface area contributed by atoms with Gasteiger partial charge in [0.25, 0.3) is 5.78 Å². The molecule has 5 aromatic rings. The number of hydrogen-bond donors (Lipinski definition) is 2. The van der Waals surface area contributed by atoms with Crippen molar-refractivity contribution in [2.45, 2.75) is 20.3 Å². The van der Waals surface area contributed by atoms with Gasteiger partial charge in [-0.1, -0.05) is 6.07 Å². The average molecular weight is 403 g/mol. The van der Waals surface area contributed by atoms with Crippen LogP contribution < -0.4 is 5.32 Å². The normalized spacial score (nSPS) is 11.4. The quantitative estimate of drug-likeness (QED) is 0.478. The number of hydrogen-bond acceptors (Lipinski definition) is 6. The van der Waals surface area contributed by atoms with Crippen molar-refractivity contribution in [3.05, 3.63) is 59.0 Å². The van der Waals surface area contributed by atoms with Crippen molar-refractivity contribution < 1.29 is 4.79 Å². The minimum absolute atomic E-state index is 0.0727. The van der Waals surface area contributed by atoms with Gasteiger partial charge in [-0.3, -0.25) is 4.79 Å². The number of aryl methyl sites for hydroxylation is 2. The Bertz CT molecular complexity index is 1350. The van der Waals surface area contributed by atoms with E-state index in [2.05, 4.69) is 30.4 Å². The lowest BCUT2D eigenvalue weighted by Gasteiger charge is -2.03. The Morgan fingerprint density at radius 2 is 2.07 bits per heavy atom. The third-order valence-electron chi connectivity index (χ3n) is 4.50. The number of fused-ring (bicyclic) bond motifs is 2. The number of benzene rings is 1. The van der Waals surface area contributed by atoms with Crippen LogP contribution in [-0.2, 0) is 11.2 Å². The van der Waals surface area contributed by atoms with Crippen molar-refractivity contribution in [2.75, 3.05) is 5.32 Å². The van der Waals surface area contributed by atoms with Crippen molar-refractivity contribution in [2.24, 2.45) is 0 Å². The number of carbonyl (C=O) groups excluding carboxylic acids is 1. The summed E-state index contributed by atoms with van der Waals surface area (Å²) in [6.45, 7) is 3.84. The summed E-state index contributed by atoms with van der Waals surface area (Å²) in [6, 6.07) is 11.5. The van der Waals surface area contributed by atoms with Crippen LogP contribution in [0.15, 0.2) is 41.8 Å². The smallest absolute Gasteiger partial charge is 0.252 e. The second-order valence-electron chi connectivity index (χ2n) is 6.80. The average Bonchev–Trinajstić information content (AvgIpc) is 3.39. The van der Waals surface area contributed by atoms with E-state index >= 15 is 0 Å². The molecule has 0 aliphatic heterocycles. The number of aromatic nitrogens is 6. The number of aromatic amines is 1. The summed E-state index contributed by atoms with van der Waals surface area (Å²) in [7, 11) is 0. The third-order valence-corrected chi connectivity index (χ3v) is 5.38. The van der Waals surface area contributed by atoms with Crippen LogP contribution >= 0.6 is 11.3 Å². The molecule has 0 spiro atoms. The number of amides is 1. The first kappa shape index (κ1) is 17.5. The van der Waals surface area contributed by atoms with Crippen molar-refractivity contribution in [1.29, 1.82) is 0 Å². The maximum Gasteiger partial charge on any atom is 0.252 e. The summed E-state index contributed by atoms with van der Waals surface area (Å²) in [5.41, 5.74) is 4.21. The molecule has 5 rings (SSSR count). The maximum atomic E-state index is 12.5. The zero-order chi connectivity index (χ0) is 20.0. The van der Waals surface area contributed by atoms with Crippen molar-refractivity contribution >= 4 is 39.7 Å². The van der Waals surface area contributed by atoms with E-state index in [-0.39, 0.29) is 12.3 Å². The molecule has 2 N–H and O–H groups in total. The van der Waals surface area contributed by atoms with Gasteiger partial charge in [-0.05, 0) is 49.6 Å². The van der Waals surface area contributed by atoms with E-state index in [4.69, 9.17) is 0 Å². The van der Waals surface area contributed by atoms with Crippen LogP contribution in [0, 0.1) is 13.8 Å². The molecule has 0 unspecified atom stereocenters. The molecule has 0 atom stereocenters. The number of thiophene rings is 1. The van der Waals surface area contributed by atoms with E-state index < -0.39 is 0 Å². The Kier molecular flexibility index (Phi) is 4.09. The summed E-state index contributed by atoms with van der Waals surface area (Å²) in [6.07, 6.45) is 0.0727. The summed E-state index contributed by atoms with van der Waals surface area (Å²) in [5, 5.41) is 9.30. The molecule has 0 aliphatic carbocycles. The van der Waals surface area contributed by atoms with Gasteiger partial charge in [0.1, 0.15) is 5.82 Å². The van der Waals surface area contributed by atoms with E-state index in [1.54, 1.807) is 15.9 Å². The zero-order valence-corrected chi connectivity index (χ0v) is 16.6. The Balaban J connectivity index is 1.35. The van der Waals surface area contributed by atoms with Gasteiger partial charge in [-0.15, -0.1) is 16.4 Å². The molecule has 0 aliphatic rings. The molecule has 8 nitrogen and oxygen atoms in total. The highest BCUT2D eigenvalue weighted by Gasteiger charge is 2.13. The predicted molar refractivity (Wildman–Crippen MR) is 112 cm³/mol. The molecule has 0 saturated carbocycles. The number of nitrogens with zero attached hydrogens (tertiary/aromatic N) is 5. The van der Waals surface area contributed by atoms with Gasteiger partial charge >= 0.3 is 0 Å². The van der Waals surface area contributed by atoms with E-state index in [1.165, 1.54) is 0 Å². The summed E-state index contributed by atoms with van der Waals surface area (Å²) in [4.78, 5) is 30.2. The zero-order valence-electron chi connectivity index (χ0n) is 15.8. The highest BCUT2D eigenvalue weighted by atomic mass is 32.1. The molecule has 144 valence electrons. The molecule has 0 fully saturated rings. The molecule has 0 radical (unpaired) electrons. The second kappa shape index (κ2) is 6.78. The molecule has 0 bridgehead atoms. The van der Waals surface area contributed by atoms with Crippen molar-refractivity contribution in [3.8, 4) is 10.7 Å². The second-order valence-corrected chi connectivity index (χ2v) is 7.75. The van der Waals surface area contributed by atoms with E-state index in [9.17, 15) is 4.79 Å². The highest BCUT2D eigenvalue weighted by molar-refractivity contribution is 7.13. The minimum atomic E-state index is -0.187. The number of carbonyl (C=O) groups is 1. The van der Waals surface area contributed by atoms with Gasteiger partial charge in [0.2, 0.25) is 5.91 Å². The molecule has 4 aromatic heterocycles. The fourth-order valence-corrected chi connectivity index (χ4v) is 3.92. The number of H-pyrrole nitrogens is 1.